The first kappa shape index (κ1) is 8.73. The molecule has 0 saturated heterocycles. The SMILES string of the molecule is CC1(C)[C@@H]2C[C@H]1[C@@]1(C[C@@H]1C#N)[C@@H](O)C2. The molecule has 0 aromatic rings. The summed E-state index contributed by atoms with van der Waals surface area (Å²) in [4.78, 5) is 0. The Morgan fingerprint density at radius 3 is 2.57 bits per heavy atom. The number of nitrogens with zero attached hydrogens (tertiary/aromatic N) is 1. The third kappa shape index (κ3) is 0.694. The minimum atomic E-state index is -0.191. The molecule has 0 radical (unpaired) electrons. The second-order valence-electron chi connectivity index (χ2n) is 6.06. The highest BCUT2D eigenvalue weighted by molar-refractivity contribution is 5.26. The maximum atomic E-state index is 10.1. The van der Waals surface area contributed by atoms with Gasteiger partial charge in [0.15, 0.2) is 0 Å². The lowest BCUT2D eigenvalue weighted by molar-refractivity contribution is -0.177. The van der Waals surface area contributed by atoms with E-state index >= 15 is 0 Å². The number of aliphatic hydroxyl groups excluding tert-OH is 1. The highest BCUT2D eigenvalue weighted by Gasteiger charge is 2.74. The van der Waals surface area contributed by atoms with Crippen LogP contribution in [0.15, 0.2) is 0 Å². The molecule has 0 aromatic carbocycles. The van der Waals surface area contributed by atoms with E-state index in [-0.39, 0.29) is 17.4 Å². The quantitative estimate of drug-likeness (QED) is 0.636. The first-order chi connectivity index (χ1) is 6.53. The molecular formula is C12H17NO. The van der Waals surface area contributed by atoms with Gasteiger partial charge >= 0.3 is 0 Å². The molecule has 2 bridgehead atoms. The lowest BCUT2D eigenvalue weighted by Gasteiger charge is -2.62. The van der Waals surface area contributed by atoms with Crippen molar-refractivity contribution < 1.29 is 5.11 Å². The Morgan fingerprint density at radius 2 is 2.07 bits per heavy atom. The summed E-state index contributed by atoms with van der Waals surface area (Å²) in [6.45, 7) is 4.62. The maximum Gasteiger partial charge on any atom is 0.0663 e. The minimum Gasteiger partial charge on any atom is -0.392 e. The zero-order valence-corrected chi connectivity index (χ0v) is 8.83. The smallest absolute Gasteiger partial charge is 0.0663 e. The molecule has 0 heterocycles. The van der Waals surface area contributed by atoms with Crippen molar-refractivity contribution >= 4 is 0 Å². The van der Waals surface area contributed by atoms with E-state index in [1.807, 2.05) is 0 Å². The topological polar surface area (TPSA) is 44.0 Å². The summed E-state index contributed by atoms with van der Waals surface area (Å²) >= 11 is 0. The van der Waals surface area contributed by atoms with Crippen molar-refractivity contribution in [1.29, 1.82) is 5.26 Å². The second-order valence-corrected chi connectivity index (χ2v) is 6.06. The van der Waals surface area contributed by atoms with E-state index in [1.54, 1.807) is 0 Å². The summed E-state index contributed by atoms with van der Waals surface area (Å²) in [5.41, 5.74) is 0.387. The molecule has 0 amide bonds. The van der Waals surface area contributed by atoms with Gasteiger partial charge in [-0.1, -0.05) is 13.8 Å². The molecule has 4 fully saturated rings. The van der Waals surface area contributed by atoms with Gasteiger partial charge in [-0.25, -0.2) is 0 Å². The monoisotopic (exact) mass is 191 g/mol. The van der Waals surface area contributed by atoms with E-state index in [0.717, 1.165) is 12.8 Å². The van der Waals surface area contributed by atoms with Crippen LogP contribution in [-0.4, -0.2) is 11.2 Å². The van der Waals surface area contributed by atoms with Crippen molar-refractivity contribution in [2.75, 3.05) is 0 Å². The van der Waals surface area contributed by atoms with Gasteiger partial charge in [-0.15, -0.1) is 0 Å². The van der Waals surface area contributed by atoms with Gasteiger partial charge in [0.2, 0.25) is 0 Å². The molecule has 5 atom stereocenters. The summed E-state index contributed by atoms with van der Waals surface area (Å²) in [7, 11) is 0. The molecule has 4 aliphatic carbocycles. The predicted molar refractivity (Wildman–Crippen MR) is 52.2 cm³/mol. The normalized spacial score (nSPS) is 57.6. The minimum absolute atomic E-state index is 0.00694. The van der Waals surface area contributed by atoms with Crippen LogP contribution in [0.3, 0.4) is 0 Å². The van der Waals surface area contributed by atoms with Crippen LogP contribution >= 0.6 is 0 Å². The zero-order valence-electron chi connectivity index (χ0n) is 8.83. The summed E-state index contributed by atoms with van der Waals surface area (Å²) in [6.07, 6.45) is 2.94. The van der Waals surface area contributed by atoms with E-state index in [9.17, 15) is 5.11 Å². The number of aliphatic hydroxyl groups is 1. The third-order valence-corrected chi connectivity index (χ3v) is 5.45. The highest BCUT2D eigenvalue weighted by atomic mass is 16.3. The first-order valence-electron chi connectivity index (χ1n) is 5.61. The van der Waals surface area contributed by atoms with E-state index in [1.165, 1.54) is 6.42 Å². The van der Waals surface area contributed by atoms with Crippen LogP contribution < -0.4 is 0 Å². The number of hydrogen-bond donors (Lipinski definition) is 1. The summed E-state index contributed by atoms with van der Waals surface area (Å²) in [6, 6.07) is 2.36. The number of rotatable bonds is 0. The lowest BCUT2D eigenvalue weighted by Crippen LogP contribution is -2.59. The Hall–Kier alpha value is -0.550. The summed E-state index contributed by atoms with van der Waals surface area (Å²) < 4.78 is 0. The number of hydrogen-bond acceptors (Lipinski definition) is 2. The first-order valence-corrected chi connectivity index (χ1v) is 5.61. The molecule has 4 rings (SSSR count). The van der Waals surface area contributed by atoms with E-state index < -0.39 is 0 Å². The Morgan fingerprint density at radius 1 is 1.36 bits per heavy atom. The Labute approximate surface area is 84.9 Å². The van der Waals surface area contributed by atoms with Crippen molar-refractivity contribution in [2.45, 2.75) is 39.2 Å². The van der Waals surface area contributed by atoms with Crippen molar-refractivity contribution in [2.24, 2.45) is 28.6 Å². The van der Waals surface area contributed by atoms with Crippen LogP contribution in [0.1, 0.15) is 33.1 Å². The molecule has 2 heteroatoms. The van der Waals surface area contributed by atoms with Gasteiger partial charge in [-0.05, 0) is 36.5 Å². The fourth-order valence-corrected chi connectivity index (χ4v) is 4.26. The zero-order chi connectivity index (χ0) is 10.1. The fraction of sp³-hybridized carbons (Fsp3) is 0.917. The standard InChI is InChI=1S/C12H17NO/c1-11(2)7-3-9(11)12(10(14)4-7)5-8(12)6-13/h7-10,14H,3-5H2,1-2H3/t7-,8-,9-,10+,12+/m1/s1. The van der Waals surface area contributed by atoms with Gasteiger partial charge in [-0.2, -0.15) is 5.26 Å². The van der Waals surface area contributed by atoms with E-state index in [0.29, 0.717) is 17.3 Å². The third-order valence-electron chi connectivity index (χ3n) is 5.45. The molecular weight excluding hydrogens is 174 g/mol. The van der Waals surface area contributed by atoms with Gasteiger partial charge in [0.25, 0.3) is 0 Å². The number of nitriles is 1. The van der Waals surface area contributed by atoms with Crippen LogP contribution in [0.25, 0.3) is 0 Å². The lowest BCUT2D eigenvalue weighted by atomic mass is 9.43. The molecule has 0 aliphatic heterocycles. The molecule has 14 heavy (non-hydrogen) atoms. The number of fused-ring (bicyclic) bond motifs is 1. The molecule has 2 nitrogen and oxygen atoms in total. The van der Waals surface area contributed by atoms with Crippen LogP contribution in [0, 0.1) is 39.9 Å². The Balaban J connectivity index is 1.95. The van der Waals surface area contributed by atoms with Crippen LogP contribution in [0.4, 0.5) is 0 Å². The molecule has 0 unspecified atom stereocenters. The predicted octanol–water partition coefficient (Wildman–Crippen LogP) is 1.94. The average molecular weight is 191 g/mol. The van der Waals surface area contributed by atoms with Gasteiger partial charge in [0, 0.05) is 5.41 Å². The largest absolute Gasteiger partial charge is 0.392 e. The van der Waals surface area contributed by atoms with Crippen LogP contribution in [0.2, 0.25) is 0 Å². The average Bonchev–Trinajstić information content (AvgIpc) is 2.84. The van der Waals surface area contributed by atoms with Crippen molar-refractivity contribution in [1.82, 2.24) is 0 Å². The molecule has 1 N–H and O–H groups in total. The van der Waals surface area contributed by atoms with Gasteiger partial charge in [-0.3, -0.25) is 0 Å². The second kappa shape index (κ2) is 2.17. The van der Waals surface area contributed by atoms with Gasteiger partial charge < -0.3 is 5.11 Å². The van der Waals surface area contributed by atoms with E-state index in [2.05, 4.69) is 19.9 Å². The molecule has 1 spiro atoms. The van der Waals surface area contributed by atoms with Crippen LogP contribution in [-0.2, 0) is 0 Å². The van der Waals surface area contributed by atoms with Gasteiger partial charge in [0.1, 0.15) is 0 Å². The Bertz CT molecular complexity index is 330. The molecule has 4 saturated carbocycles. The fourth-order valence-electron chi connectivity index (χ4n) is 4.26. The highest BCUT2D eigenvalue weighted by Crippen LogP contribution is 2.76. The van der Waals surface area contributed by atoms with Crippen molar-refractivity contribution in [3.8, 4) is 6.07 Å². The summed E-state index contributed by atoms with van der Waals surface area (Å²) in [5, 5.41) is 19.1. The summed E-state index contributed by atoms with van der Waals surface area (Å²) in [5.74, 6) is 1.45. The molecule has 0 aromatic heterocycles. The maximum absolute atomic E-state index is 10.1. The van der Waals surface area contributed by atoms with Gasteiger partial charge in [0.05, 0.1) is 18.1 Å². The van der Waals surface area contributed by atoms with Crippen molar-refractivity contribution in [3.05, 3.63) is 0 Å². The van der Waals surface area contributed by atoms with Crippen LogP contribution in [0.5, 0.6) is 0 Å². The molecule has 4 aliphatic rings. The van der Waals surface area contributed by atoms with E-state index in [4.69, 9.17) is 5.26 Å². The Kier molecular flexibility index (Phi) is 1.35. The molecule has 76 valence electrons. The van der Waals surface area contributed by atoms with Crippen molar-refractivity contribution in [3.63, 3.8) is 0 Å².